The largest absolute Gasteiger partial charge is 0.462 e. The van der Waals surface area contributed by atoms with Crippen LogP contribution in [-0.4, -0.2) is 49.8 Å². The van der Waals surface area contributed by atoms with Gasteiger partial charge in [0.2, 0.25) is 5.91 Å². The smallest absolute Gasteiger partial charge is 0.341 e. The van der Waals surface area contributed by atoms with Crippen LogP contribution >= 0.6 is 23.1 Å². The summed E-state index contributed by atoms with van der Waals surface area (Å²) in [6.07, 6.45) is 6.65. The van der Waals surface area contributed by atoms with Crippen molar-refractivity contribution in [2.45, 2.75) is 77.0 Å². The maximum absolute atomic E-state index is 13.0. The van der Waals surface area contributed by atoms with Crippen LogP contribution in [0.25, 0.3) is 0 Å². The number of rotatable bonds is 13. The van der Waals surface area contributed by atoms with Crippen molar-refractivity contribution in [2.24, 2.45) is 0 Å². The molecule has 2 N–H and O–H groups in total. The molecule has 224 valence electrons. The lowest BCUT2D eigenvalue weighted by molar-refractivity contribution is -0.384. The number of amides is 2. The zero-order valence-electron chi connectivity index (χ0n) is 23.6. The quantitative estimate of drug-likeness (QED) is 0.0872. The van der Waals surface area contributed by atoms with Crippen molar-refractivity contribution in [3.8, 4) is 0 Å². The van der Waals surface area contributed by atoms with Crippen molar-refractivity contribution in [2.75, 3.05) is 17.7 Å². The molecule has 0 bridgehead atoms. The number of non-ortho nitro benzene ring substituents is 1. The van der Waals surface area contributed by atoms with Crippen molar-refractivity contribution in [3.05, 3.63) is 61.8 Å². The summed E-state index contributed by atoms with van der Waals surface area (Å²) in [6.45, 7) is 4.80. The summed E-state index contributed by atoms with van der Waals surface area (Å²) >= 11 is 2.69. The number of ether oxygens (including phenoxy) is 1. The second kappa shape index (κ2) is 14.9. The van der Waals surface area contributed by atoms with Crippen molar-refractivity contribution in [1.82, 2.24) is 20.1 Å². The molecule has 2 heterocycles. The van der Waals surface area contributed by atoms with E-state index in [0.717, 1.165) is 55.4 Å². The van der Waals surface area contributed by atoms with Crippen LogP contribution in [-0.2, 0) is 35.5 Å². The monoisotopic (exact) mass is 614 g/mol. The molecule has 0 saturated heterocycles. The molecule has 0 radical (unpaired) electrons. The van der Waals surface area contributed by atoms with Gasteiger partial charge in [-0.2, -0.15) is 0 Å². The third-order valence-corrected chi connectivity index (χ3v) is 8.94. The van der Waals surface area contributed by atoms with E-state index < -0.39 is 16.8 Å². The number of hydrogen-bond donors (Lipinski definition) is 2. The number of fused-ring (bicyclic) bond motifs is 1. The van der Waals surface area contributed by atoms with Crippen LogP contribution in [0.1, 0.15) is 82.9 Å². The number of carbonyl (C=O) groups excluding carboxylic acids is 3. The standard InChI is InChI=1S/C28H34N6O6S2/c1-3-5-15-33-22(16-29-25(36)18-11-13-19(14-12-18)34(38)39)31-32-28(33)41-17-23(35)30-26-24(27(37)40-4-2)20-9-7-6-8-10-21(20)42-26/h11-14H,3-10,15-17H2,1-2H3,(H,29,36)(H,30,35). The van der Waals surface area contributed by atoms with Crippen LogP contribution in [0, 0.1) is 10.1 Å². The SMILES string of the molecule is CCCCn1c(CNC(=O)c2ccc([N+](=O)[O-])cc2)nnc1SCC(=O)Nc1sc2c(c1C(=O)OCC)CCCCC2. The summed E-state index contributed by atoms with van der Waals surface area (Å²) in [7, 11) is 0. The van der Waals surface area contributed by atoms with Gasteiger partial charge in [-0.05, 0) is 56.7 Å². The number of nitrogens with one attached hydrogen (secondary N) is 2. The summed E-state index contributed by atoms with van der Waals surface area (Å²) in [5.74, 6) is -0.465. The van der Waals surface area contributed by atoms with Crippen LogP contribution in [0.2, 0.25) is 0 Å². The van der Waals surface area contributed by atoms with Gasteiger partial charge in [0.1, 0.15) is 5.00 Å². The number of carbonyl (C=O) groups is 3. The van der Waals surface area contributed by atoms with Gasteiger partial charge in [0.15, 0.2) is 11.0 Å². The van der Waals surface area contributed by atoms with E-state index in [1.165, 1.54) is 47.4 Å². The minimum absolute atomic E-state index is 0.0598. The molecule has 0 aliphatic heterocycles. The van der Waals surface area contributed by atoms with Crippen molar-refractivity contribution >= 4 is 51.6 Å². The molecular formula is C28H34N6O6S2. The molecule has 1 aliphatic rings. The number of hydrogen-bond acceptors (Lipinski definition) is 10. The zero-order chi connectivity index (χ0) is 30.1. The van der Waals surface area contributed by atoms with E-state index >= 15 is 0 Å². The van der Waals surface area contributed by atoms with E-state index in [9.17, 15) is 24.5 Å². The Balaban J connectivity index is 1.42. The number of benzene rings is 1. The number of nitro benzene ring substituents is 1. The summed E-state index contributed by atoms with van der Waals surface area (Å²) in [5.41, 5.74) is 1.68. The molecule has 0 spiro atoms. The van der Waals surface area contributed by atoms with E-state index in [0.29, 0.717) is 33.7 Å². The first kappa shape index (κ1) is 31.2. The maximum atomic E-state index is 13.0. The number of esters is 1. The lowest BCUT2D eigenvalue weighted by Gasteiger charge is -2.11. The average molecular weight is 615 g/mol. The number of anilines is 1. The fourth-order valence-electron chi connectivity index (χ4n) is 4.64. The minimum Gasteiger partial charge on any atom is -0.462 e. The first-order chi connectivity index (χ1) is 20.3. The van der Waals surface area contributed by atoms with Gasteiger partial charge in [0, 0.05) is 29.1 Å². The minimum atomic E-state index is -0.522. The zero-order valence-corrected chi connectivity index (χ0v) is 25.3. The van der Waals surface area contributed by atoms with Gasteiger partial charge < -0.3 is 19.9 Å². The third kappa shape index (κ3) is 7.73. The number of nitrogens with zero attached hydrogens (tertiary/aromatic N) is 4. The van der Waals surface area contributed by atoms with E-state index in [4.69, 9.17) is 4.74 Å². The number of nitro groups is 1. The Morgan fingerprint density at radius 3 is 2.60 bits per heavy atom. The van der Waals surface area contributed by atoms with Crippen LogP contribution in [0.5, 0.6) is 0 Å². The summed E-state index contributed by atoms with van der Waals surface area (Å²) in [4.78, 5) is 49.9. The molecule has 1 aromatic carbocycles. The highest BCUT2D eigenvalue weighted by molar-refractivity contribution is 7.99. The molecule has 2 amide bonds. The molecule has 2 aromatic heterocycles. The highest BCUT2D eigenvalue weighted by atomic mass is 32.2. The summed E-state index contributed by atoms with van der Waals surface area (Å²) in [5, 5.41) is 26.2. The number of aromatic nitrogens is 3. The molecule has 42 heavy (non-hydrogen) atoms. The third-order valence-electron chi connectivity index (χ3n) is 6.76. The fourth-order valence-corrected chi connectivity index (χ4v) is 6.71. The van der Waals surface area contributed by atoms with Crippen LogP contribution in [0.3, 0.4) is 0 Å². The van der Waals surface area contributed by atoms with Crippen LogP contribution in [0.15, 0.2) is 29.4 Å². The molecule has 12 nitrogen and oxygen atoms in total. The molecule has 14 heteroatoms. The predicted octanol–water partition coefficient (Wildman–Crippen LogP) is 5.15. The van der Waals surface area contributed by atoms with Gasteiger partial charge >= 0.3 is 5.97 Å². The normalized spacial score (nSPS) is 12.7. The molecular weight excluding hydrogens is 580 g/mol. The molecule has 1 aliphatic carbocycles. The van der Waals surface area contributed by atoms with Crippen molar-refractivity contribution < 1.29 is 24.0 Å². The average Bonchev–Trinajstić information content (AvgIpc) is 3.44. The van der Waals surface area contributed by atoms with Gasteiger partial charge in [0.05, 0.1) is 29.4 Å². The highest BCUT2D eigenvalue weighted by Gasteiger charge is 2.27. The number of thioether (sulfide) groups is 1. The second-order valence-electron chi connectivity index (χ2n) is 9.72. The second-order valence-corrected chi connectivity index (χ2v) is 11.8. The van der Waals surface area contributed by atoms with E-state index in [-0.39, 0.29) is 30.5 Å². The van der Waals surface area contributed by atoms with E-state index in [1.54, 1.807) is 6.92 Å². The Hall–Kier alpha value is -3.78. The molecule has 4 rings (SSSR count). The van der Waals surface area contributed by atoms with Crippen molar-refractivity contribution in [3.63, 3.8) is 0 Å². The van der Waals surface area contributed by atoms with E-state index in [1.807, 2.05) is 4.57 Å². The number of aryl methyl sites for hydroxylation is 1. The van der Waals surface area contributed by atoms with Crippen molar-refractivity contribution in [1.29, 1.82) is 0 Å². The molecule has 0 fully saturated rings. The van der Waals surface area contributed by atoms with Gasteiger partial charge in [-0.3, -0.25) is 19.7 Å². The Labute approximate surface area is 251 Å². The fraction of sp³-hybridized carbons (Fsp3) is 0.464. The first-order valence-corrected chi connectivity index (χ1v) is 15.8. The summed E-state index contributed by atoms with van der Waals surface area (Å²) in [6, 6.07) is 5.35. The predicted molar refractivity (Wildman–Crippen MR) is 160 cm³/mol. The first-order valence-electron chi connectivity index (χ1n) is 14.0. The lowest BCUT2D eigenvalue weighted by Crippen LogP contribution is -2.25. The van der Waals surface area contributed by atoms with Crippen LogP contribution < -0.4 is 10.6 Å². The molecule has 0 unspecified atom stereocenters. The van der Waals surface area contributed by atoms with Gasteiger partial charge in [0.25, 0.3) is 11.6 Å². The topological polar surface area (TPSA) is 158 Å². The Bertz CT molecular complexity index is 1440. The lowest BCUT2D eigenvalue weighted by atomic mass is 10.1. The Kier molecular flexibility index (Phi) is 11.1. The van der Waals surface area contributed by atoms with Gasteiger partial charge in [-0.1, -0.05) is 31.5 Å². The molecule has 0 atom stereocenters. The highest BCUT2D eigenvalue weighted by Crippen LogP contribution is 2.38. The van der Waals surface area contributed by atoms with E-state index in [2.05, 4.69) is 27.8 Å². The van der Waals surface area contributed by atoms with Crippen LogP contribution in [0.4, 0.5) is 10.7 Å². The Morgan fingerprint density at radius 2 is 1.88 bits per heavy atom. The Morgan fingerprint density at radius 1 is 1.12 bits per heavy atom. The maximum Gasteiger partial charge on any atom is 0.341 e. The van der Waals surface area contributed by atoms with Gasteiger partial charge in [-0.15, -0.1) is 21.5 Å². The molecule has 0 saturated carbocycles. The number of thiophene rings is 1. The summed E-state index contributed by atoms with van der Waals surface area (Å²) < 4.78 is 7.20. The molecule has 3 aromatic rings. The van der Waals surface area contributed by atoms with Gasteiger partial charge in [-0.25, -0.2) is 4.79 Å². The number of unbranched alkanes of at least 4 members (excludes halogenated alkanes) is 1.